The SMILES string of the molecule is O=S(=O)(Nc1cccc(Br)n1)c1ccc2c(c1)OCCO2. The maximum absolute atomic E-state index is 12.3. The lowest BCUT2D eigenvalue weighted by atomic mass is 10.3. The molecule has 6 nitrogen and oxygen atoms in total. The summed E-state index contributed by atoms with van der Waals surface area (Å²) in [5, 5.41) is 0. The fourth-order valence-corrected chi connectivity index (χ4v) is 3.21. The molecule has 0 atom stereocenters. The van der Waals surface area contributed by atoms with E-state index in [9.17, 15) is 8.42 Å². The van der Waals surface area contributed by atoms with E-state index in [1.54, 1.807) is 24.3 Å². The highest BCUT2D eigenvalue weighted by atomic mass is 79.9. The molecule has 1 aliphatic heterocycles. The first kappa shape index (κ1) is 14.2. The number of aromatic nitrogens is 1. The number of hydrogen-bond acceptors (Lipinski definition) is 5. The maximum Gasteiger partial charge on any atom is 0.263 e. The Morgan fingerprint density at radius 1 is 1.10 bits per heavy atom. The average Bonchev–Trinajstić information content (AvgIpc) is 2.46. The monoisotopic (exact) mass is 370 g/mol. The van der Waals surface area contributed by atoms with Crippen molar-refractivity contribution in [1.82, 2.24) is 4.98 Å². The molecular formula is C13H11BrN2O4S. The number of halogens is 1. The van der Waals surface area contributed by atoms with Crippen LogP contribution < -0.4 is 14.2 Å². The lowest BCUT2D eigenvalue weighted by Gasteiger charge is -2.19. The minimum atomic E-state index is -3.73. The molecular weight excluding hydrogens is 360 g/mol. The van der Waals surface area contributed by atoms with Crippen molar-refractivity contribution in [3.8, 4) is 11.5 Å². The molecule has 0 bridgehead atoms. The van der Waals surface area contributed by atoms with Crippen molar-refractivity contribution in [1.29, 1.82) is 0 Å². The van der Waals surface area contributed by atoms with Gasteiger partial charge in [-0.1, -0.05) is 6.07 Å². The van der Waals surface area contributed by atoms with Crippen LogP contribution >= 0.6 is 15.9 Å². The molecule has 0 spiro atoms. The minimum absolute atomic E-state index is 0.0912. The second-order valence-corrected chi connectivity index (χ2v) is 6.75. The molecule has 3 rings (SSSR count). The number of sulfonamides is 1. The predicted octanol–water partition coefficient (Wildman–Crippen LogP) is 2.42. The molecule has 0 saturated heterocycles. The normalized spacial score (nSPS) is 13.8. The third-order valence-corrected chi connectivity index (χ3v) is 4.57. The Labute approximate surface area is 130 Å². The minimum Gasteiger partial charge on any atom is -0.486 e. The van der Waals surface area contributed by atoms with Gasteiger partial charge in [-0.2, -0.15) is 0 Å². The quantitative estimate of drug-likeness (QED) is 0.839. The van der Waals surface area contributed by atoms with E-state index in [0.29, 0.717) is 29.3 Å². The summed E-state index contributed by atoms with van der Waals surface area (Å²) in [4.78, 5) is 4.13. The number of benzene rings is 1. The first-order valence-corrected chi connectivity index (χ1v) is 8.37. The van der Waals surface area contributed by atoms with Gasteiger partial charge in [-0.15, -0.1) is 0 Å². The molecule has 1 aliphatic rings. The number of fused-ring (bicyclic) bond motifs is 1. The van der Waals surface area contributed by atoms with Gasteiger partial charge < -0.3 is 9.47 Å². The summed E-state index contributed by atoms with van der Waals surface area (Å²) in [7, 11) is -3.73. The number of pyridine rings is 1. The standard InChI is InChI=1S/C13H11BrN2O4S/c14-12-2-1-3-13(15-12)16-21(17,18)9-4-5-10-11(8-9)20-7-6-19-10/h1-5,8H,6-7H2,(H,15,16). The third kappa shape index (κ3) is 3.11. The van der Waals surface area contributed by atoms with E-state index < -0.39 is 10.0 Å². The van der Waals surface area contributed by atoms with Crippen LogP contribution in [-0.2, 0) is 10.0 Å². The summed E-state index contributed by atoms with van der Waals surface area (Å²) in [6.45, 7) is 0.858. The van der Waals surface area contributed by atoms with E-state index in [0.717, 1.165) is 0 Å². The van der Waals surface area contributed by atoms with E-state index in [-0.39, 0.29) is 10.7 Å². The molecule has 0 saturated carbocycles. The second-order valence-electron chi connectivity index (χ2n) is 4.26. The molecule has 8 heteroatoms. The van der Waals surface area contributed by atoms with Crippen molar-refractivity contribution < 1.29 is 17.9 Å². The van der Waals surface area contributed by atoms with Crippen molar-refractivity contribution in [3.05, 3.63) is 41.0 Å². The molecule has 110 valence electrons. The molecule has 2 aromatic rings. The summed E-state index contributed by atoms with van der Waals surface area (Å²) in [6.07, 6.45) is 0. The van der Waals surface area contributed by atoms with Crippen LogP contribution in [0.1, 0.15) is 0 Å². The Morgan fingerprint density at radius 3 is 2.62 bits per heavy atom. The van der Waals surface area contributed by atoms with Crippen molar-refractivity contribution in [2.24, 2.45) is 0 Å². The second kappa shape index (κ2) is 5.53. The van der Waals surface area contributed by atoms with Gasteiger partial charge in [0, 0.05) is 6.07 Å². The highest BCUT2D eigenvalue weighted by Gasteiger charge is 2.19. The Balaban J connectivity index is 1.91. The highest BCUT2D eigenvalue weighted by Crippen LogP contribution is 2.32. The van der Waals surface area contributed by atoms with E-state index in [1.807, 2.05) is 0 Å². The van der Waals surface area contributed by atoms with Crippen LogP contribution in [0, 0.1) is 0 Å². The molecule has 0 radical (unpaired) electrons. The number of nitrogens with zero attached hydrogens (tertiary/aromatic N) is 1. The van der Waals surface area contributed by atoms with Gasteiger partial charge in [0.15, 0.2) is 11.5 Å². The zero-order valence-electron chi connectivity index (χ0n) is 10.7. The lowest BCUT2D eigenvalue weighted by Crippen LogP contribution is -2.17. The molecule has 2 heterocycles. The number of rotatable bonds is 3. The predicted molar refractivity (Wildman–Crippen MR) is 80.2 cm³/mol. The fourth-order valence-electron chi connectivity index (χ4n) is 1.85. The van der Waals surface area contributed by atoms with Crippen LogP contribution in [-0.4, -0.2) is 26.6 Å². The number of nitrogens with one attached hydrogen (secondary N) is 1. The maximum atomic E-state index is 12.3. The van der Waals surface area contributed by atoms with Gasteiger partial charge in [-0.25, -0.2) is 13.4 Å². The van der Waals surface area contributed by atoms with Crippen LogP contribution in [0.2, 0.25) is 0 Å². The number of hydrogen-bond donors (Lipinski definition) is 1. The van der Waals surface area contributed by atoms with Gasteiger partial charge in [-0.05, 0) is 40.2 Å². The summed E-state index contributed by atoms with van der Waals surface area (Å²) in [5.41, 5.74) is 0. The summed E-state index contributed by atoms with van der Waals surface area (Å²) >= 11 is 3.19. The first-order valence-electron chi connectivity index (χ1n) is 6.10. The van der Waals surface area contributed by atoms with Crippen molar-refractivity contribution in [2.45, 2.75) is 4.90 Å². The smallest absolute Gasteiger partial charge is 0.263 e. The molecule has 0 unspecified atom stereocenters. The summed E-state index contributed by atoms with van der Waals surface area (Å²) in [5.74, 6) is 1.20. The van der Waals surface area contributed by atoms with E-state index >= 15 is 0 Å². The largest absolute Gasteiger partial charge is 0.486 e. The Hall–Kier alpha value is -1.80. The zero-order valence-corrected chi connectivity index (χ0v) is 13.1. The van der Waals surface area contributed by atoms with Gasteiger partial charge in [0.2, 0.25) is 0 Å². The van der Waals surface area contributed by atoms with Gasteiger partial charge in [-0.3, -0.25) is 4.72 Å². The van der Waals surface area contributed by atoms with Crippen LogP contribution in [0.5, 0.6) is 11.5 Å². The van der Waals surface area contributed by atoms with Gasteiger partial charge in [0.1, 0.15) is 23.6 Å². The summed E-state index contributed by atoms with van der Waals surface area (Å²) < 4.78 is 38.4. The number of ether oxygens (including phenoxy) is 2. The van der Waals surface area contributed by atoms with Crippen molar-refractivity contribution in [3.63, 3.8) is 0 Å². The Morgan fingerprint density at radius 2 is 1.86 bits per heavy atom. The molecule has 0 amide bonds. The van der Waals surface area contributed by atoms with Crippen molar-refractivity contribution >= 4 is 31.8 Å². The average molecular weight is 371 g/mol. The van der Waals surface area contributed by atoms with Crippen LogP contribution in [0.3, 0.4) is 0 Å². The highest BCUT2D eigenvalue weighted by molar-refractivity contribution is 9.10. The van der Waals surface area contributed by atoms with Crippen LogP contribution in [0.25, 0.3) is 0 Å². The van der Waals surface area contributed by atoms with Gasteiger partial charge >= 0.3 is 0 Å². The van der Waals surface area contributed by atoms with E-state index in [1.165, 1.54) is 12.1 Å². The molecule has 21 heavy (non-hydrogen) atoms. The molecule has 1 N–H and O–H groups in total. The fraction of sp³-hybridized carbons (Fsp3) is 0.154. The molecule has 1 aromatic carbocycles. The lowest BCUT2D eigenvalue weighted by molar-refractivity contribution is 0.171. The Kier molecular flexibility index (Phi) is 3.73. The van der Waals surface area contributed by atoms with Crippen LogP contribution in [0.4, 0.5) is 5.82 Å². The van der Waals surface area contributed by atoms with Crippen LogP contribution in [0.15, 0.2) is 45.9 Å². The van der Waals surface area contributed by atoms with E-state index in [4.69, 9.17) is 9.47 Å². The topological polar surface area (TPSA) is 77.5 Å². The third-order valence-electron chi connectivity index (χ3n) is 2.78. The van der Waals surface area contributed by atoms with Gasteiger partial charge in [0.25, 0.3) is 10.0 Å². The Bertz CT molecular complexity index is 779. The first-order chi connectivity index (χ1) is 10.0. The van der Waals surface area contributed by atoms with Crippen molar-refractivity contribution in [2.75, 3.05) is 17.9 Å². The molecule has 0 aliphatic carbocycles. The molecule has 1 aromatic heterocycles. The summed E-state index contributed by atoms with van der Waals surface area (Å²) in [6, 6.07) is 9.46. The van der Waals surface area contributed by atoms with E-state index in [2.05, 4.69) is 25.6 Å². The zero-order chi connectivity index (χ0) is 14.9. The van der Waals surface area contributed by atoms with Gasteiger partial charge in [0.05, 0.1) is 4.90 Å². The number of anilines is 1. The molecule has 0 fully saturated rings.